The average molecular weight is 276 g/mol. The third kappa shape index (κ3) is 4.29. The predicted octanol–water partition coefficient (Wildman–Crippen LogP) is 1.88. The minimum Gasteiger partial charge on any atom is -0.486 e. The topological polar surface area (TPSA) is 54.4 Å². The number of hydrogen-bond acceptors (Lipinski definition) is 4. The molecule has 20 heavy (non-hydrogen) atoms. The lowest BCUT2D eigenvalue weighted by Gasteiger charge is -2.09. The highest BCUT2D eigenvalue weighted by atomic mass is 19.1. The number of aliphatic hydroxyl groups excluding tert-OH is 1. The van der Waals surface area contributed by atoms with Crippen LogP contribution in [0, 0.1) is 5.82 Å². The quantitative estimate of drug-likeness (QED) is 0.758. The second-order valence-electron chi connectivity index (χ2n) is 4.28. The Kier molecular flexibility index (Phi) is 5.46. The summed E-state index contributed by atoms with van der Waals surface area (Å²) in [5, 5.41) is 11.7. The molecule has 0 aliphatic rings. The molecular weight excluding hydrogens is 259 g/mol. The van der Waals surface area contributed by atoms with Gasteiger partial charge in [0.25, 0.3) is 0 Å². The van der Waals surface area contributed by atoms with Gasteiger partial charge in [0.2, 0.25) is 0 Å². The molecule has 0 spiro atoms. The molecule has 1 aromatic carbocycles. The summed E-state index contributed by atoms with van der Waals surface area (Å²) in [5.41, 5.74) is 1.64. The Hall–Kier alpha value is -1.98. The van der Waals surface area contributed by atoms with Gasteiger partial charge in [-0.05, 0) is 5.56 Å². The van der Waals surface area contributed by atoms with Crippen LogP contribution >= 0.6 is 0 Å². The smallest absolute Gasteiger partial charge is 0.183 e. The fraction of sp³-hybridized carbons (Fsp3) is 0.267. The first kappa shape index (κ1) is 14.4. The van der Waals surface area contributed by atoms with Gasteiger partial charge >= 0.3 is 0 Å². The normalized spacial score (nSPS) is 10.5. The zero-order valence-electron chi connectivity index (χ0n) is 11.1. The number of ether oxygens (including phenoxy) is 1. The number of halogens is 1. The van der Waals surface area contributed by atoms with Crippen molar-refractivity contribution >= 4 is 0 Å². The number of rotatable bonds is 7. The standard InChI is InChI=1S/C15H17FN2O2/c16-14-10-18-13(9-17-6-7-19)8-15(14)20-11-12-4-2-1-3-5-12/h1-5,8,10,17,19H,6-7,9,11H2. The minimum absolute atomic E-state index is 0.0541. The van der Waals surface area contributed by atoms with Gasteiger partial charge < -0.3 is 15.2 Å². The molecule has 2 N–H and O–H groups in total. The fourth-order valence-corrected chi connectivity index (χ4v) is 1.70. The SMILES string of the molecule is OCCNCc1cc(OCc2ccccc2)c(F)cn1. The van der Waals surface area contributed by atoms with Crippen LogP contribution in [0.1, 0.15) is 11.3 Å². The molecule has 0 aliphatic heterocycles. The number of hydrogen-bond donors (Lipinski definition) is 2. The van der Waals surface area contributed by atoms with E-state index in [1.807, 2.05) is 30.3 Å². The maximum Gasteiger partial charge on any atom is 0.183 e. The number of benzene rings is 1. The first-order chi connectivity index (χ1) is 9.79. The van der Waals surface area contributed by atoms with Crippen molar-refractivity contribution < 1.29 is 14.2 Å². The van der Waals surface area contributed by atoms with E-state index in [4.69, 9.17) is 9.84 Å². The van der Waals surface area contributed by atoms with Crippen LogP contribution in [0.3, 0.4) is 0 Å². The Labute approximate surface area is 117 Å². The van der Waals surface area contributed by atoms with Gasteiger partial charge in [-0.2, -0.15) is 0 Å². The van der Waals surface area contributed by atoms with Gasteiger partial charge in [-0.3, -0.25) is 4.98 Å². The zero-order valence-corrected chi connectivity index (χ0v) is 11.1. The molecule has 4 nitrogen and oxygen atoms in total. The third-order valence-corrected chi connectivity index (χ3v) is 2.71. The van der Waals surface area contributed by atoms with E-state index in [0.717, 1.165) is 11.8 Å². The number of aliphatic hydroxyl groups is 1. The fourth-order valence-electron chi connectivity index (χ4n) is 1.70. The van der Waals surface area contributed by atoms with E-state index in [-0.39, 0.29) is 12.4 Å². The molecule has 0 saturated heterocycles. The van der Waals surface area contributed by atoms with Crippen molar-refractivity contribution in [3.8, 4) is 5.75 Å². The molecule has 1 aromatic heterocycles. The molecule has 2 rings (SSSR count). The second kappa shape index (κ2) is 7.57. The summed E-state index contributed by atoms with van der Waals surface area (Å²) in [6, 6.07) is 11.1. The molecule has 0 saturated carbocycles. The summed E-state index contributed by atoms with van der Waals surface area (Å²) in [4.78, 5) is 3.97. The van der Waals surface area contributed by atoms with Gasteiger partial charge in [0.15, 0.2) is 11.6 Å². The lowest BCUT2D eigenvalue weighted by Crippen LogP contribution is -2.18. The summed E-state index contributed by atoms with van der Waals surface area (Å²) in [5.74, 6) is -0.295. The highest BCUT2D eigenvalue weighted by Gasteiger charge is 2.06. The van der Waals surface area contributed by atoms with Crippen molar-refractivity contribution in [2.45, 2.75) is 13.2 Å². The van der Waals surface area contributed by atoms with E-state index in [2.05, 4.69) is 10.3 Å². The Morgan fingerprint density at radius 1 is 1.25 bits per heavy atom. The average Bonchev–Trinajstić information content (AvgIpc) is 2.49. The van der Waals surface area contributed by atoms with Gasteiger partial charge in [-0.25, -0.2) is 4.39 Å². The Morgan fingerprint density at radius 2 is 2.05 bits per heavy atom. The number of pyridine rings is 1. The van der Waals surface area contributed by atoms with E-state index in [1.54, 1.807) is 6.07 Å². The van der Waals surface area contributed by atoms with E-state index in [9.17, 15) is 4.39 Å². The largest absolute Gasteiger partial charge is 0.486 e. The van der Waals surface area contributed by atoms with Gasteiger partial charge in [0.05, 0.1) is 18.5 Å². The van der Waals surface area contributed by atoms with Gasteiger partial charge in [-0.15, -0.1) is 0 Å². The molecule has 0 bridgehead atoms. The Balaban J connectivity index is 1.97. The lowest BCUT2D eigenvalue weighted by molar-refractivity contribution is 0.287. The van der Waals surface area contributed by atoms with E-state index < -0.39 is 5.82 Å². The summed E-state index contributed by atoms with van der Waals surface area (Å²) in [6.07, 6.45) is 1.15. The highest BCUT2D eigenvalue weighted by molar-refractivity contribution is 5.25. The van der Waals surface area contributed by atoms with Crippen molar-refractivity contribution in [3.63, 3.8) is 0 Å². The van der Waals surface area contributed by atoms with Gasteiger partial charge in [0, 0.05) is 19.2 Å². The van der Waals surface area contributed by atoms with Crippen LogP contribution in [0.2, 0.25) is 0 Å². The maximum atomic E-state index is 13.6. The van der Waals surface area contributed by atoms with E-state index in [0.29, 0.717) is 25.4 Å². The Morgan fingerprint density at radius 3 is 2.80 bits per heavy atom. The summed E-state index contributed by atoms with van der Waals surface area (Å²) < 4.78 is 19.1. The molecule has 0 amide bonds. The summed E-state index contributed by atoms with van der Waals surface area (Å²) in [6.45, 7) is 1.30. The van der Waals surface area contributed by atoms with Crippen LogP contribution in [0.15, 0.2) is 42.6 Å². The molecule has 1 heterocycles. The van der Waals surface area contributed by atoms with Crippen LogP contribution < -0.4 is 10.1 Å². The van der Waals surface area contributed by atoms with E-state index in [1.165, 1.54) is 0 Å². The second-order valence-corrected chi connectivity index (χ2v) is 4.28. The van der Waals surface area contributed by atoms with Crippen molar-refractivity contribution in [1.29, 1.82) is 0 Å². The molecule has 0 radical (unpaired) electrons. The van der Waals surface area contributed by atoms with Crippen LogP contribution in [0.4, 0.5) is 4.39 Å². The maximum absolute atomic E-state index is 13.6. The zero-order chi connectivity index (χ0) is 14.2. The summed E-state index contributed by atoms with van der Waals surface area (Å²) >= 11 is 0. The number of nitrogens with one attached hydrogen (secondary N) is 1. The van der Waals surface area contributed by atoms with Crippen LogP contribution in [-0.2, 0) is 13.2 Å². The van der Waals surface area contributed by atoms with Crippen molar-refractivity contribution in [2.75, 3.05) is 13.2 Å². The molecule has 0 unspecified atom stereocenters. The first-order valence-electron chi connectivity index (χ1n) is 6.42. The van der Waals surface area contributed by atoms with Crippen LogP contribution in [0.25, 0.3) is 0 Å². The molecule has 5 heteroatoms. The lowest BCUT2D eigenvalue weighted by atomic mass is 10.2. The number of aromatic nitrogens is 1. The molecular formula is C15H17FN2O2. The van der Waals surface area contributed by atoms with Crippen molar-refractivity contribution in [2.24, 2.45) is 0 Å². The van der Waals surface area contributed by atoms with E-state index >= 15 is 0 Å². The first-order valence-corrected chi connectivity index (χ1v) is 6.42. The molecule has 2 aromatic rings. The van der Waals surface area contributed by atoms with Gasteiger partial charge in [0.1, 0.15) is 6.61 Å². The summed E-state index contributed by atoms with van der Waals surface area (Å²) in [7, 11) is 0. The third-order valence-electron chi connectivity index (χ3n) is 2.71. The molecule has 0 aliphatic carbocycles. The minimum atomic E-state index is -0.480. The highest BCUT2D eigenvalue weighted by Crippen LogP contribution is 2.18. The molecule has 106 valence electrons. The molecule has 0 fully saturated rings. The molecule has 0 atom stereocenters. The van der Waals surface area contributed by atoms with Crippen molar-refractivity contribution in [1.82, 2.24) is 10.3 Å². The Bertz CT molecular complexity index is 535. The van der Waals surface area contributed by atoms with Crippen molar-refractivity contribution in [3.05, 3.63) is 59.7 Å². The van der Waals surface area contributed by atoms with Crippen LogP contribution in [0.5, 0.6) is 5.75 Å². The monoisotopic (exact) mass is 276 g/mol. The van der Waals surface area contributed by atoms with Gasteiger partial charge in [-0.1, -0.05) is 30.3 Å². The van der Waals surface area contributed by atoms with Crippen LogP contribution in [-0.4, -0.2) is 23.2 Å². The predicted molar refractivity (Wildman–Crippen MR) is 73.8 cm³/mol. The number of nitrogens with zero attached hydrogens (tertiary/aromatic N) is 1.